The van der Waals surface area contributed by atoms with Crippen molar-refractivity contribution in [2.45, 2.75) is 13.0 Å². The number of aryl methyl sites for hydroxylation is 1. The summed E-state index contributed by atoms with van der Waals surface area (Å²) in [4.78, 5) is 0. The maximum absolute atomic E-state index is 9.46. The Morgan fingerprint density at radius 2 is 2.08 bits per heavy atom. The largest absolute Gasteiger partial charge is 0.387 e. The first-order chi connectivity index (χ1) is 6.20. The van der Waals surface area contributed by atoms with E-state index in [1.54, 1.807) is 11.6 Å². The maximum Gasteiger partial charge on any atom is 0.0985 e. The molecule has 0 amide bonds. The van der Waals surface area contributed by atoms with Gasteiger partial charge < -0.3 is 5.11 Å². The van der Waals surface area contributed by atoms with Crippen molar-refractivity contribution in [2.75, 3.05) is 0 Å². The van der Waals surface area contributed by atoms with Crippen LogP contribution in [0.2, 0.25) is 0 Å². The lowest BCUT2D eigenvalue weighted by Crippen LogP contribution is -1.95. The van der Waals surface area contributed by atoms with Gasteiger partial charge in [-0.3, -0.25) is 4.68 Å². The molecule has 2 aromatic rings. The quantitative estimate of drug-likeness (QED) is 0.717. The van der Waals surface area contributed by atoms with Crippen molar-refractivity contribution in [3.8, 4) is 0 Å². The van der Waals surface area contributed by atoms with Gasteiger partial charge in [0.1, 0.15) is 0 Å². The zero-order chi connectivity index (χ0) is 9.42. The first-order valence-corrected chi connectivity index (χ1v) is 4.30. The molecule has 0 aliphatic heterocycles. The van der Waals surface area contributed by atoms with Crippen molar-refractivity contribution in [2.24, 2.45) is 7.05 Å². The van der Waals surface area contributed by atoms with E-state index in [0.717, 1.165) is 16.6 Å². The van der Waals surface area contributed by atoms with Crippen LogP contribution in [0, 0.1) is 0 Å². The van der Waals surface area contributed by atoms with Crippen LogP contribution in [0.5, 0.6) is 0 Å². The second-order valence-corrected chi connectivity index (χ2v) is 3.20. The Bertz CT molecular complexity index is 431. The number of aliphatic hydroxyl groups is 1. The Hall–Kier alpha value is -1.35. The molecular weight excluding hydrogens is 164 g/mol. The van der Waals surface area contributed by atoms with Crippen LogP contribution in [-0.4, -0.2) is 14.9 Å². The summed E-state index contributed by atoms with van der Waals surface area (Å²) in [6, 6.07) is 7.89. The van der Waals surface area contributed by atoms with E-state index in [2.05, 4.69) is 5.10 Å². The Morgan fingerprint density at radius 3 is 2.77 bits per heavy atom. The number of nitrogens with zero attached hydrogens (tertiary/aromatic N) is 2. The van der Waals surface area contributed by atoms with E-state index in [-0.39, 0.29) is 0 Å². The molecule has 13 heavy (non-hydrogen) atoms. The normalized spacial score (nSPS) is 13.5. The number of para-hydroxylation sites is 1. The zero-order valence-electron chi connectivity index (χ0n) is 7.73. The highest BCUT2D eigenvalue weighted by molar-refractivity contribution is 5.82. The molecule has 0 saturated heterocycles. The van der Waals surface area contributed by atoms with E-state index in [1.165, 1.54) is 0 Å². The van der Waals surface area contributed by atoms with Crippen molar-refractivity contribution in [3.63, 3.8) is 0 Å². The fraction of sp³-hybridized carbons (Fsp3) is 0.300. The van der Waals surface area contributed by atoms with Gasteiger partial charge in [0.25, 0.3) is 0 Å². The highest BCUT2D eigenvalue weighted by atomic mass is 16.3. The van der Waals surface area contributed by atoms with Gasteiger partial charge >= 0.3 is 0 Å². The van der Waals surface area contributed by atoms with Gasteiger partial charge in [-0.15, -0.1) is 0 Å². The summed E-state index contributed by atoms with van der Waals surface area (Å²) in [6.07, 6.45) is -0.508. The molecule has 3 nitrogen and oxygen atoms in total. The fourth-order valence-corrected chi connectivity index (χ4v) is 1.55. The lowest BCUT2D eigenvalue weighted by molar-refractivity contribution is 0.195. The number of rotatable bonds is 1. The standard InChI is InChI=1S/C10H12N2O/c1-7(13)10-8-5-3-4-6-9(8)12(2)11-10/h3-7,13H,1-2H3. The molecule has 0 fully saturated rings. The van der Waals surface area contributed by atoms with Gasteiger partial charge in [-0.25, -0.2) is 0 Å². The van der Waals surface area contributed by atoms with Crippen LogP contribution in [0.25, 0.3) is 10.9 Å². The van der Waals surface area contributed by atoms with Crippen LogP contribution < -0.4 is 0 Å². The molecule has 1 aromatic carbocycles. The van der Waals surface area contributed by atoms with Crippen LogP contribution >= 0.6 is 0 Å². The van der Waals surface area contributed by atoms with Crippen molar-refractivity contribution in [1.29, 1.82) is 0 Å². The van der Waals surface area contributed by atoms with Crippen LogP contribution in [0.15, 0.2) is 24.3 Å². The average molecular weight is 176 g/mol. The summed E-state index contributed by atoms with van der Waals surface area (Å²) in [5, 5.41) is 14.7. The minimum absolute atomic E-state index is 0.508. The Balaban J connectivity index is 2.78. The molecule has 0 spiro atoms. The van der Waals surface area contributed by atoms with Gasteiger partial charge in [0.15, 0.2) is 0 Å². The molecule has 0 saturated carbocycles. The van der Waals surface area contributed by atoms with E-state index in [0.29, 0.717) is 0 Å². The van der Waals surface area contributed by atoms with Gasteiger partial charge in [-0.1, -0.05) is 18.2 Å². The predicted molar refractivity (Wildman–Crippen MR) is 51.3 cm³/mol. The summed E-state index contributed by atoms with van der Waals surface area (Å²) in [7, 11) is 1.88. The van der Waals surface area contributed by atoms with Crippen LogP contribution in [0.1, 0.15) is 18.7 Å². The topological polar surface area (TPSA) is 38.1 Å². The highest BCUT2D eigenvalue weighted by Crippen LogP contribution is 2.22. The summed E-state index contributed by atoms with van der Waals surface area (Å²) >= 11 is 0. The second-order valence-electron chi connectivity index (χ2n) is 3.20. The summed E-state index contributed by atoms with van der Waals surface area (Å²) in [5.41, 5.74) is 1.80. The summed E-state index contributed by atoms with van der Waals surface area (Å²) < 4.78 is 1.79. The minimum atomic E-state index is -0.508. The average Bonchev–Trinajstić information content (AvgIpc) is 2.45. The van der Waals surface area contributed by atoms with Crippen molar-refractivity contribution < 1.29 is 5.11 Å². The third-order valence-electron chi connectivity index (χ3n) is 2.18. The zero-order valence-corrected chi connectivity index (χ0v) is 7.73. The Morgan fingerprint density at radius 1 is 1.38 bits per heavy atom. The number of aromatic nitrogens is 2. The maximum atomic E-state index is 9.46. The first-order valence-electron chi connectivity index (χ1n) is 4.30. The molecule has 1 N–H and O–H groups in total. The summed E-state index contributed by atoms with van der Waals surface area (Å²) in [6.45, 7) is 1.73. The Labute approximate surface area is 76.6 Å². The molecule has 1 unspecified atom stereocenters. The monoisotopic (exact) mass is 176 g/mol. The van der Waals surface area contributed by atoms with Gasteiger partial charge in [0.05, 0.1) is 17.3 Å². The lowest BCUT2D eigenvalue weighted by Gasteiger charge is -1.97. The smallest absolute Gasteiger partial charge is 0.0985 e. The number of fused-ring (bicyclic) bond motifs is 1. The molecule has 1 atom stereocenters. The molecule has 1 aromatic heterocycles. The molecule has 1 heterocycles. The number of aliphatic hydroxyl groups excluding tert-OH is 1. The van der Waals surface area contributed by atoms with E-state index < -0.39 is 6.10 Å². The number of hydrogen-bond acceptors (Lipinski definition) is 2. The van der Waals surface area contributed by atoms with Crippen LogP contribution in [0.3, 0.4) is 0 Å². The van der Waals surface area contributed by atoms with Gasteiger partial charge in [0, 0.05) is 12.4 Å². The number of benzene rings is 1. The third kappa shape index (κ3) is 1.21. The minimum Gasteiger partial charge on any atom is -0.387 e. The van der Waals surface area contributed by atoms with Gasteiger partial charge in [-0.2, -0.15) is 5.10 Å². The van der Waals surface area contributed by atoms with Gasteiger partial charge in [-0.05, 0) is 13.0 Å². The van der Waals surface area contributed by atoms with E-state index in [1.807, 2.05) is 31.3 Å². The first kappa shape index (κ1) is 8.26. The SMILES string of the molecule is CC(O)c1nn(C)c2ccccc12. The van der Waals surface area contributed by atoms with Crippen molar-refractivity contribution in [1.82, 2.24) is 9.78 Å². The molecule has 68 valence electrons. The molecule has 2 rings (SSSR count). The van der Waals surface area contributed by atoms with E-state index >= 15 is 0 Å². The third-order valence-corrected chi connectivity index (χ3v) is 2.18. The summed E-state index contributed by atoms with van der Waals surface area (Å²) in [5.74, 6) is 0. The predicted octanol–water partition coefficient (Wildman–Crippen LogP) is 1.63. The molecular formula is C10H12N2O. The highest BCUT2D eigenvalue weighted by Gasteiger charge is 2.11. The molecule has 0 bridgehead atoms. The van der Waals surface area contributed by atoms with Crippen LogP contribution in [-0.2, 0) is 7.05 Å². The molecule has 0 aliphatic carbocycles. The van der Waals surface area contributed by atoms with Crippen LogP contribution in [0.4, 0.5) is 0 Å². The van der Waals surface area contributed by atoms with E-state index in [4.69, 9.17) is 0 Å². The molecule has 3 heteroatoms. The van der Waals surface area contributed by atoms with Gasteiger partial charge in [0.2, 0.25) is 0 Å². The number of hydrogen-bond donors (Lipinski definition) is 1. The second kappa shape index (κ2) is 2.85. The molecule has 0 aliphatic rings. The lowest BCUT2D eigenvalue weighted by atomic mass is 10.1. The van der Waals surface area contributed by atoms with Crippen molar-refractivity contribution >= 4 is 10.9 Å². The molecule has 0 radical (unpaired) electrons. The Kier molecular flexibility index (Phi) is 1.81. The van der Waals surface area contributed by atoms with E-state index in [9.17, 15) is 5.11 Å². The van der Waals surface area contributed by atoms with Crippen molar-refractivity contribution in [3.05, 3.63) is 30.0 Å². The fourth-order valence-electron chi connectivity index (χ4n) is 1.55.